The molecule has 0 aliphatic heterocycles. The number of aromatic nitrogens is 1. The van der Waals surface area contributed by atoms with Crippen LogP contribution in [0.3, 0.4) is 0 Å². The number of hydrogen-bond acceptors (Lipinski definition) is 9. The van der Waals surface area contributed by atoms with Crippen LogP contribution in [0.2, 0.25) is 0 Å². The van der Waals surface area contributed by atoms with Crippen molar-refractivity contribution < 1.29 is 33.0 Å². The molecule has 1 heterocycles. The fourth-order valence-corrected chi connectivity index (χ4v) is 1.77. The summed E-state index contributed by atoms with van der Waals surface area (Å²) in [5.41, 5.74) is 1.02. The van der Waals surface area contributed by atoms with E-state index in [0.717, 1.165) is 6.08 Å². The minimum atomic E-state index is -0.754. The van der Waals surface area contributed by atoms with Crippen molar-refractivity contribution in [3.05, 3.63) is 35.9 Å². The van der Waals surface area contributed by atoms with Gasteiger partial charge in [0.25, 0.3) is 0 Å². The van der Waals surface area contributed by atoms with Gasteiger partial charge < -0.3 is 23.9 Å². The Bertz CT molecular complexity index is 822. The molecule has 24 heavy (non-hydrogen) atoms. The molecule has 1 N–H and O–H groups in total. The average molecular weight is 334 g/mol. The standard InChI is InChI=1S/C15H14N2O7/c1-21-12(18)7-10(14(19)22-2)16-8-4-5-11-9(6-8)17-13(24-11)15(20)23-3/h4-7,16H,1-3H3/b10-7+. The molecule has 2 rings (SSSR count). The Hall–Kier alpha value is -3.36. The third kappa shape index (κ3) is 3.69. The number of esters is 3. The molecule has 1 aromatic carbocycles. The predicted molar refractivity (Wildman–Crippen MR) is 81.1 cm³/mol. The van der Waals surface area contributed by atoms with Gasteiger partial charge in [0.2, 0.25) is 0 Å². The lowest BCUT2D eigenvalue weighted by atomic mass is 10.2. The predicted octanol–water partition coefficient (Wildman–Crippen LogP) is 1.26. The minimum absolute atomic E-state index is 0.125. The summed E-state index contributed by atoms with van der Waals surface area (Å²) in [5, 5.41) is 2.73. The van der Waals surface area contributed by atoms with Crippen LogP contribution in [-0.2, 0) is 23.8 Å². The quantitative estimate of drug-likeness (QED) is 0.490. The van der Waals surface area contributed by atoms with E-state index >= 15 is 0 Å². The molecule has 0 radical (unpaired) electrons. The molecule has 9 nitrogen and oxygen atoms in total. The Morgan fingerprint density at radius 1 is 1.12 bits per heavy atom. The second kappa shape index (κ2) is 7.27. The van der Waals surface area contributed by atoms with Crippen LogP contribution in [0.4, 0.5) is 5.69 Å². The SMILES string of the molecule is COC(=O)/C=C(/Nc1ccc2oc(C(=O)OC)nc2c1)C(=O)OC. The van der Waals surface area contributed by atoms with E-state index in [4.69, 9.17) is 4.42 Å². The second-order valence-corrected chi connectivity index (χ2v) is 4.39. The fourth-order valence-electron chi connectivity index (χ4n) is 1.77. The topological polar surface area (TPSA) is 117 Å². The maximum Gasteiger partial charge on any atom is 0.394 e. The summed E-state index contributed by atoms with van der Waals surface area (Å²) in [7, 11) is 3.58. The highest BCUT2D eigenvalue weighted by atomic mass is 16.5. The van der Waals surface area contributed by atoms with Crippen molar-refractivity contribution in [2.75, 3.05) is 26.6 Å². The first-order valence-electron chi connectivity index (χ1n) is 6.62. The van der Waals surface area contributed by atoms with Crippen molar-refractivity contribution >= 4 is 34.7 Å². The first kappa shape index (κ1) is 17.0. The van der Waals surface area contributed by atoms with E-state index in [2.05, 4.69) is 24.5 Å². The Labute approximate surface area is 136 Å². The molecular weight excluding hydrogens is 320 g/mol. The van der Waals surface area contributed by atoms with Crippen LogP contribution in [0, 0.1) is 0 Å². The second-order valence-electron chi connectivity index (χ2n) is 4.39. The van der Waals surface area contributed by atoms with Gasteiger partial charge in [-0.05, 0) is 18.2 Å². The highest BCUT2D eigenvalue weighted by Gasteiger charge is 2.16. The van der Waals surface area contributed by atoms with Gasteiger partial charge in [-0.2, -0.15) is 0 Å². The number of nitrogens with one attached hydrogen (secondary N) is 1. The Morgan fingerprint density at radius 2 is 1.88 bits per heavy atom. The molecule has 0 unspecified atom stereocenters. The summed E-state index contributed by atoms with van der Waals surface area (Å²) in [6.07, 6.45) is 0.957. The molecule has 9 heteroatoms. The van der Waals surface area contributed by atoms with Gasteiger partial charge in [-0.3, -0.25) is 0 Å². The van der Waals surface area contributed by atoms with E-state index in [1.54, 1.807) is 12.1 Å². The summed E-state index contributed by atoms with van der Waals surface area (Å²) in [5.74, 6) is -2.38. The van der Waals surface area contributed by atoms with Gasteiger partial charge in [-0.15, -0.1) is 0 Å². The minimum Gasteiger partial charge on any atom is -0.466 e. The summed E-state index contributed by atoms with van der Waals surface area (Å²) >= 11 is 0. The number of methoxy groups -OCH3 is 3. The van der Waals surface area contributed by atoms with Crippen molar-refractivity contribution in [3.63, 3.8) is 0 Å². The Balaban J connectivity index is 2.33. The molecule has 0 fully saturated rings. The monoisotopic (exact) mass is 334 g/mol. The van der Waals surface area contributed by atoms with E-state index in [1.807, 2.05) is 0 Å². The molecular formula is C15H14N2O7. The summed E-state index contributed by atoms with van der Waals surface area (Å²) in [6.45, 7) is 0. The van der Waals surface area contributed by atoms with Crippen LogP contribution < -0.4 is 5.32 Å². The molecule has 0 atom stereocenters. The third-order valence-corrected chi connectivity index (χ3v) is 2.90. The van der Waals surface area contributed by atoms with Crippen LogP contribution >= 0.6 is 0 Å². The Morgan fingerprint density at radius 3 is 2.50 bits per heavy atom. The van der Waals surface area contributed by atoms with Crippen molar-refractivity contribution in [3.8, 4) is 0 Å². The molecule has 0 aliphatic rings. The average Bonchev–Trinajstić information content (AvgIpc) is 3.02. The van der Waals surface area contributed by atoms with Crippen molar-refractivity contribution in [1.82, 2.24) is 4.98 Å². The van der Waals surface area contributed by atoms with E-state index in [9.17, 15) is 14.4 Å². The zero-order valence-corrected chi connectivity index (χ0v) is 13.1. The van der Waals surface area contributed by atoms with Gasteiger partial charge in [0.05, 0.1) is 27.4 Å². The number of carbonyl (C=O) groups is 3. The van der Waals surface area contributed by atoms with Gasteiger partial charge in [0.15, 0.2) is 5.58 Å². The number of fused-ring (bicyclic) bond motifs is 1. The lowest BCUT2D eigenvalue weighted by Gasteiger charge is -2.08. The smallest absolute Gasteiger partial charge is 0.394 e. The summed E-state index contributed by atoms with van der Waals surface area (Å²) in [6, 6.07) is 4.64. The number of ether oxygens (including phenoxy) is 3. The van der Waals surface area contributed by atoms with Crippen LogP contribution in [0.15, 0.2) is 34.4 Å². The van der Waals surface area contributed by atoms with Crippen LogP contribution in [0.25, 0.3) is 11.1 Å². The molecule has 0 saturated heterocycles. The van der Waals surface area contributed by atoms with Gasteiger partial charge in [0, 0.05) is 5.69 Å². The van der Waals surface area contributed by atoms with Gasteiger partial charge in [0.1, 0.15) is 11.2 Å². The van der Waals surface area contributed by atoms with E-state index in [0.29, 0.717) is 16.8 Å². The van der Waals surface area contributed by atoms with Crippen LogP contribution in [-0.4, -0.2) is 44.2 Å². The first-order valence-corrected chi connectivity index (χ1v) is 6.62. The fraction of sp³-hybridized carbons (Fsp3) is 0.200. The molecule has 0 saturated carbocycles. The normalized spacial score (nSPS) is 11.0. The van der Waals surface area contributed by atoms with E-state index in [-0.39, 0.29) is 11.6 Å². The molecule has 0 bridgehead atoms. The summed E-state index contributed by atoms with van der Waals surface area (Å²) < 4.78 is 18.8. The van der Waals surface area contributed by atoms with Crippen molar-refractivity contribution in [2.45, 2.75) is 0 Å². The maximum absolute atomic E-state index is 11.7. The molecule has 2 aromatic rings. The molecule has 0 amide bonds. The summed E-state index contributed by atoms with van der Waals surface area (Å²) in [4.78, 5) is 38.4. The lowest BCUT2D eigenvalue weighted by Crippen LogP contribution is -2.15. The van der Waals surface area contributed by atoms with Gasteiger partial charge >= 0.3 is 23.8 Å². The zero-order chi connectivity index (χ0) is 17.7. The molecule has 1 aromatic heterocycles. The number of nitrogens with zero attached hydrogens (tertiary/aromatic N) is 1. The zero-order valence-electron chi connectivity index (χ0n) is 13.1. The van der Waals surface area contributed by atoms with Crippen molar-refractivity contribution in [1.29, 1.82) is 0 Å². The molecule has 126 valence electrons. The number of rotatable bonds is 5. The third-order valence-electron chi connectivity index (χ3n) is 2.90. The number of benzene rings is 1. The number of oxazole rings is 1. The molecule has 0 aliphatic carbocycles. The van der Waals surface area contributed by atoms with E-state index in [1.165, 1.54) is 27.4 Å². The maximum atomic E-state index is 11.7. The largest absolute Gasteiger partial charge is 0.466 e. The van der Waals surface area contributed by atoms with Crippen molar-refractivity contribution in [2.24, 2.45) is 0 Å². The lowest BCUT2D eigenvalue weighted by molar-refractivity contribution is -0.138. The Kier molecular flexibility index (Phi) is 5.15. The van der Waals surface area contributed by atoms with Gasteiger partial charge in [-0.25, -0.2) is 19.4 Å². The highest BCUT2D eigenvalue weighted by molar-refractivity contribution is 5.99. The molecule has 0 spiro atoms. The van der Waals surface area contributed by atoms with Crippen LogP contribution in [0.1, 0.15) is 10.7 Å². The van der Waals surface area contributed by atoms with E-state index < -0.39 is 17.9 Å². The van der Waals surface area contributed by atoms with Gasteiger partial charge in [-0.1, -0.05) is 0 Å². The number of hydrogen-bond donors (Lipinski definition) is 1. The number of anilines is 1. The number of carbonyl (C=O) groups excluding carboxylic acids is 3. The highest BCUT2D eigenvalue weighted by Crippen LogP contribution is 2.21. The first-order chi connectivity index (χ1) is 11.5. The van der Waals surface area contributed by atoms with Crippen LogP contribution in [0.5, 0.6) is 0 Å².